The second kappa shape index (κ2) is 12.0. The van der Waals surface area contributed by atoms with E-state index in [0.29, 0.717) is 38.5 Å². The fourth-order valence-electron chi connectivity index (χ4n) is 3.56. The first-order valence-corrected chi connectivity index (χ1v) is 10.3. The molecule has 9 heteroatoms. The van der Waals surface area contributed by atoms with Gasteiger partial charge in [-0.15, -0.1) is 24.0 Å². The quantitative estimate of drug-likeness (QED) is 0.345. The average molecular weight is 543 g/mol. The fraction of sp³-hybridized carbons (Fsp3) is 0.455. The molecule has 0 aliphatic carbocycles. The van der Waals surface area contributed by atoms with Gasteiger partial charge < -0.3 is 24.4 Å². The Morgan fingerprint density at radius 3 is 2.48 bits per heavy atom. The predicted molar refractivity (Wildman–Crippen MR) is 130 cm³/mol. The zero-order valence-electron chi connectivity index (χ0n) is 18.3. The lowest BCUT2D eigenvalue weighted by molar-refractivity contribution is 0.0657. The lowest BCUT2D eigenvalue weighted by Gasteiger charge is -2.36. The molecule has 0 saturated carbocycles. The van der Waals surface area contributed by atoms with E-state index in [-0.39, 0.29) is 41.7 Å². The van der Waals surface area contributed by atoms with Crippen molar-refractivity contribution >= 4 is 35.8 Å². The summed E-state index contributed by atoms with van der Waals surface area (Å²) in [6, 6.07) is 10.0. The molecule has 2 heterocycles. The Bertz CT molecular complexity index is 851. The number of piperazine rings is 1. The van der Waals surface area contributed by atoms with Gasteiger partial charge >= 0.3 is 0 Å². The molecule has 1 aliphatic rings. The number of carbonyl (C=O) groups is 1. The Morgan fingerprint density at radius 2 is 1.90 bits per heavy atom. The number of amides is 1. The van der Waals surface area contributed by atoms with Crippen molar-refractivity contribution in [3.8, 4) is 0 Å². The van der Waals surface area contributed by atoms with Gasteiger partial charge in [-0.05, 0) is 50.8 Å². The van der Waals surface area contributed by atoms with Gasteiger partial charge in [0.15, 0.2) is 11.7 Å². The van der Waals surface area contributed by atoms with Gasteiger partial charge in [-0.3, -0.25) is 9.79 Å². The number of nitrogens with one attached hydrogen (secondary N) is 1. The van der Waals surface area contributed by atoms with E-state index < -0.39 is 0 Å². The Balaban J connectivity index is 0.00000341. The minimum Gasteiger partial charge on any atom is -0.459 e. The molecule has 31 heavy (non-hydrogen) atoms. The molecular formula is C22H31FIN5O2. The Kier molecular flexibility index (Phi) is 9.76. The van der Waals surface area contributed by atoms with E-state index in [2.05, 4.69) is 10.2 Å². The van der Waals surface area contributed by atoms with Crippen LogP contribution in [0.2, 0.25) is 0 Å². The molecule has 1 N–H and O–H groups in total. The fourth-order valence-corrected chi connectivity index (χ4v) is 3.56. The monoisotopic (exact) mass is 543 g/mol. The number of hydrogen-bond acceptors (Lipinski definition) is 4. The number of furan rings is 1. The molecule has 170 valence electrons. The number of aliphatic imine (C=N–C) groups is 1. The zero-order chi connectivity index (χ0) is 21.5. The van der Waals surface area contributed by atoms with E-state index in [1.807, 2.05) is 32.0 Å². The minimum absolute atomic E-state index is 0. The first-order valence-electron chi connectivity index (χ1n) is 10.3. The van der Waals surface area contributed by atoms with Crippen LogP contribution in [0.3, 0.4) is 0 Å². The van der Waals surface area contributed by atoms with Gasteiger partial charge in [-0.2, -0.15) is 0 Å². The molecule has 1 aliphatic heterocycles. The van der Waals surface area contributed by atoms with Crippen LogP contribution in [0.25, 0.3) is 0 Å². The third kappa shape index (κ3) is 6.67. The maximum absolute atomic E-state index is 13.7. The molecule has 2 aromatic rings. The van der Waals surface area contributed by atoms with Crippen LogP contribution in [0.4, 0.5) is 4.39 Å². The summed E-state index contributed by atoms with van der Waals surface area (Å²) in [6.45, 7) is 5.86. The lowest BCUT2D eigenvalue weighted by Crippen LogP contribution is -2.53. The summed E-state index contributed by atoms with van der Waals surface area (Å²) in [5.74, 6) is 0.853. The first-order chi connectivity index (χ1) is 14.5. The molecule has 1 aromatic heterocycles. The van der Waals surface area contributed by atoms with Crippen LogP contribution < -0.4 is 5.32 Å². The van der Waals surface area contributed by atoms with Crippen LogP contribution in [0.1, 0.15) is 29.1 Å². The SMILES string of the molecule is CCNC(=NCC(c1cccc(F)c1)N(C)C)N1CCN(C(=O)c2ccco2)CC1.I. The second-order valence-corrected chi connectivity index (χ2v) is 7.49. The molecule has 3 rings (SSSR count). The van der Waals surface area contributed by atoms with Gasteiger partial charge in [0.05, 0.1) is 18.8 Å². The van der Waals surface area contributed by atoms with Gasteiger partial charge in [-0.25, -0.2) is 4.39 Å². The third-order valence-corrected chi connectivity index (χ3v) is 5.20. The van der Waals surface area contributed by atoms with Crippen molar-refractivity contribution in [3.63, 3.8) is 0 Å². The van der Waals surface area contributed by atoms with Gasteiger partial charge in [0.25, 0.3) is 5.91 Å². The minimum atomic E-state index is -0.243. The molecule has 1 atom stereocenters. The zero-order valence-corrected chi connectivity index (χ0v) is 20.6. The number of benzene rings is 1. The number of hydrogen-bond donors (Lipinski definition) is 1. The number of halogens is 2. The molecule has 0 radical (unpaired) electrons. The highest BCUT2D eigenvalue weighted by molar-refractivity contribution is 14.0. The average Bonchev–Trinajstić information content (AvgIpc) is 3.27. The molecule has 1 aromatic carbocycles. The highest BCUT2D eigenvalue weighted by Crippen LogP contribution is 2.20. The first kappa shape index (κ1) is 25.1. The number of nitrogens with zero attached hydrogens (tertiary/aromatic N) is 4. The van der Waals surface area contributed by atoms with Crippen molar-refractivity contribution in [2.75, 3.05) is 53.4 Å². The Morgan fingerprint density at radius 1 is 1.19 bits per heavy atom. The highest BCUT2D eigenvalue weighted by Gasteiger charge is 2.25. The molecule has 0 spiro atoms. The summed E-state index contributed by atoms with van der Waals surface area (Å²) in [5, 5.41) is 3.34. The van der Waals surface area contributed by atoms with Gasteiger partial charge in [0.1, 0.15) is 5.82 Å². The van der Waals surface area contributed by atoms with E-state index in [1.54, 1.807) is 29.2 Å². The van der Waals surface area contributed by atoms with Crippen LogP contribution in [0, 0.1) is 5.82 Å². The summed E-state index contributed by atoms with van der Waals surface area (Å²) < 4.78 is 18.9. The smallest absolute Gasteiger partial charge is 0.289 e. The standard InChI is InChI=1S/C22H30FN5O2.HI/c1-4-24-22(25-16-19(26(2)3)17-7-5-8-18(23)15-17)28-12-10-27(11-13-28)21(29)20-9-6-14-30-20;/h5-9,14-15,19H,4,10-13,16H2,1-3H3,(H,24,25);1H. The van der Waals surface area contributed by atoms with Crippen molar-refractivity contribution in [3.05, 3.63) is 59.8 Å². The number of carbonyl (C=O) groups excluding carboxylic acids is 1. The van der Waals surface area contributed by atoms with E-state index in [9.17, 15) is 9.18 Å². The molecular weight excluding hydrogens is 512 g/mol. The van der Waals surface area contributed by atoms with Crippen molar-refractivity contribution in [2.45, 2.75) is 13.0 Å². The number of rotatable bonds is 6. The maximum Gasteiger partial charge on any atom is 0.289 e. The molecule has 1 unspecified atom stereocenters. The van der Waals surface area contributed by atoms with E-state index in [0.717, 1.165) is 18.1 Å². The van der Waals surface area contributed by atoms with Crippen molar-refractivity contribution in [1.82, 2.24) is 20.0 Å². The summed E-state index contributed by atoms with van der Waals surface area (Å²) in [4.78, 5) is 23.3. The van der Waals surface area contributed by atoms with Crippen LogP contribution >= 0.6 is 24.0 Å². The summed E-state index contributed by atoms with van der Waals surface area (Å²) in [7, 11) is 3.94. The molecule has 1 saturated heterocycles. The second-order valence-electron chi connectivity index (χ2n) is 7.49. The number of likely N-dealkylation sites (N-methyl/N-ethyl adjacent to an activating group) is 1. The van der Waals surface area contributed by atoms with Gasteiger partial charge in [-0.1, -0.05) is 12.1 Å². The van der Waals surface area contributed by atoms with Gasteiger partial charge in [0, 0.05) is 32.7 Å². The third-order valence-electron chi connectivity index (χ3n) is 5.20. The normalized spacial score (nSPS) is 15.6. The molecule has 1 amide bonds. The maximum atomic E-state index is 13.7. The largest absolute Gasteiger partial charge is 0.459 e. The van der Waals surface area contributed by atoms with Crippen LogP contribution in [-0.2, 0) is 0 Å². The van der Waals surface area contributed by atoms with Crippen molar-refractivity contribution < 1.29 is 13.6 Å². The summed E-state index contributed by atoms with van der Waals surface area (Å²) in [6.07, 6.45) is 1.51. The molecule has 0 bridgehead atoms. The highest BCUT2D eigenvalue weighted by atomic mass is 127. The van der Waals surface area contributed by atoms with E-state index >= 15 is 0 Å². The van der Waals surface area contributed by atoms with Crippen LogP contribution in [0.15, 0.2) is 52.1 Å². The van der Waals surface area contributed by atoms with Gasteiger partial charge in [0.2, 0.25) is 0 Å². The molecule has 1 fully saturated rings. The summed E-state index contributed by atoms with van der Waals surface area (Å²) in [5.41, 5.74) is 0.897. The van der Waals surface area contributed by atoms with Crippen molar-refractivity contribution in [2.24, 2.45) is 4.99 Å². The van der Waals surface area contributed by atoms with Crippen LogP contribution in [0.5, 0.6) is 0 Å². The van der Waals surface area contributed by atoms with E-state index in [4.69, 9.17) is 9.41 Å². The molecule has 7 nitrogen and oxygen atoms in total. The Hall–Kier alpha value is -2.14. The topological polar surface area (TPSA) is 64.3 Å². The lowest BCUT2D eigenvalue weighted by atomic mass is 10.1. The van der Waals surface area contributed by atoms with Crippen LogP contribution in [-0.4, -0.2) is 79.9 Å². The Labute approximate surface area is 200 Å². The van der Waals surface area contributed by atoms with E-state index in [1.165, 1.54) is 12.3 Å². The summed E-state index contributed by atoms with van der Waals surface area (Å²) >= 11 is 0. The predicted octanol–water partition coefficient (Wildman–Crippen LogP) is 3.06. The number of guanidine groups is 1. The van der Waals surface area contributed by atoms with Crippen molar-refractivity contribution in [1.29, 1.82) is 0 Å².